The quantitative estimate of drug-likeness (QED) is 0.384. The molecule has 0 aliphatic carbocycles. The standard InChI is InChI=1S/C26H28F4N6O2S/c1-25(2)23(37)35(19-14-20(26(28,29)30)21(15-31)33-16-19)24(39)36(25)18-3-4-22(17(13-18)5-6-27)38-12-11-34-9-7-32-8-10-34/h3-4,13-14,16,32H,5-12H2,1-2H3. The van der Waals surface area contributed by atoms with Gasteiger partial charge >= 0.3 is 6.18 Å². The SMILES string of the molecule is CC1(C)C(=O)N(c2cnc(C#N)c(C(F)(F)F)c2)C(=S)N1c1ccc(OCCN2CCNCC2)c(CCF)c1. The van der Waals surface area contributed by atoms with Crippen LogP contribution in [-0.2, 0) is 17.4 Å². The monoisotopic (exact) mass is 564 g/mol. The summed E-state index contributed by atoms with van der Waals surface area (Å²) >= 11 is 5.57. The van der Waals surface area contributed by atoms with Crippen LogP contribution in [0.25, 0.3) is 0 Å². The molecule has 8 nitrogen and oxygen atoms in total. The van der Waals surface area contributed by atoms with Gasteiger partial charge in [0.2, 0.25) is 0 Å². The molecule has 2 aromatic rings. The van der Waals surface area contributed by atoms with E-state index in [1.807, 2.05) is 0 Å². The molecule has 1 amide bonds. The summed E-state index contributed by atoms with van der Waals surface area (Å²) in [6.45, 7) is 7.38. The van der Waals surface area contributed by atoms with Gasteiger partial charge in [0.25, 0.3) is 5.91 Å². The molecule has 4 rings (SSSR count). The zero-order valence-corrected chi connectivity index (χ0v) is 22.3. The number of hydrogen-bond acceptors (Lipinski definition) is 7. The molecule has 2 fully saturated rings. The number of hydrogen-bond donors (Lipinski definition) is 1. The van der Waals surface area contributed by atoms with Crippen LogP contribution in [-0.4, -0.2) is 72.4 Å². The second-order valence-corrected chi connectivity index (χ2v) is 10.1. The number of aryl methyl sites for hydroxylation is 1. The Morgan fingerprint density at radius 1 is 1.21 bits per heavy atom. The van der Waals surface area contributed by atoms with Crippen molar-refractivity contribution in [2.45, 2.75) is 32.0 Å². The van der Waals surface area contributed by atoms with Crippen LogP contribution in [0.15, 0.2) is 30.5 Å². The fraction of sp³-hybridized carbons (Fsp3) is 0.462. The van der Waals surface area contributed by atoms with E-state index in [-0.39, 0.29) is 17.2 Å². The van der Waals surface area contributed by atoms with Crippen molar-refractivity contribution in [1.82, 2.24) is 15.2 Å². The third kappa shape index (κ3) is 5.83. The fourth-order valence-corrected chi connectivity index (χ4v) is 5.22. The van der Waals surface area contributed by atoms with E-state index in [9.17, 15) is 22.4 Å². The van der Waals surface area contributed by atoms with Gasteiger partial charge in [-0.05, 0) is 55.9 Å². The normalized spacial score (nSPS) is 18.0. The highest BCUT2D eigenvalue weighted by atomic mass is 32.1. The zero-order chi connectivity index (χ0) is 28.4. The van der Waals surface area contributed by atoms with Crippen molar-refractivity contribution in [3.8, 4) is 11.8 Å². The summed E-state index contributed by atoms with van der Waals surface area (Å²) in [6.07, 6.45) is -3.76. The number of carbonyl (C=O) groups is 1. The average molecular weight is 565 g/mol. The van der Waals surface area contributed by atoms with Crippen molar-refractivity contribution in [2.75, 3.05) is 55.8 Å². The van der Waals surface area contributed by atoms with E-state index >= 15 is 0 Å². The number of nitriles is 1. The molecule has 1 aromatic carbocycles. The maximum absolute atomic E-state index is 13.6. The summed E-state index contributed by atoms with van der Waals surface area (Å²) in [6, 6.07) is 7.18. The Morgan fingerprint density at radius 2 is 1.92 bits per heavy atom. The van der Waals surface area contributed by atoms with E-state index in [4.69, 9.17) is 22.2 Å². The molecule has 3 heterocycles. The largest absolute Gasteiger partial charge is 0.492 e. The third-order valence-electron chi connectivity index (χ3n) is 6.75. The first-order valence-corrected chi connectivity index (χ1v) is 12.8. The van der Waals surface area contributed by atoms with Gasteiger partial charge in [0.05, 0.1) is 24.1 Å². The van der Waals surface area contributed by atoms with Crippen LogP contribution in [0, 0.1) is 11.3 Å². The Kier molecular flexibility index (Phi) is 8.39. The van der Waals surface area contributed by atoms with Crippen LogP contribution >= 0.6 is 12.2 Å². The molecule has 0 spiro atoms. The van der Waals surface area contributed by atoms with E-state index in [1.165, 1.54) is 11.0 Å². The molecule has 208 valence electrons. The van der Waals surface area contributed by atoms with Gasteiger partial charge in [0.1, 0.15) is 24.0 Å². The molecule has 2 saturated heterocycles. The van der Waals surface area contributed by atoms with Gasteiger partial charge in [0.15, 0.2) is 10.8 Å². The third-order valence-corrected chi connectivity index (χ3v) is 7.12. The Morgan fingerprint density at radius 3 is 2.56 bits per heavy atom. The number of anilines is 2. The first kappa shape index (κ1) is 28.7. The van der Waals surface area contributed by atoms with Crippen LogP contribution in [0.2, 0.25) is 0 Å². The number of pyridine rings is 1. The van der Waals surface area contributed by atoms with Crippen molar-refractivity contribution in [3.05, 3.63) is 47.3 Å². The maximum atomic E-state index is 13.6. The minimum Gasteiger partial charge on any atom is -0.492 e. The number of rotatable bonds is 8. The van der Waals surface area contributed by atoms with Crippen LogP contribution in [0.1, 0.15) is 30.7 Å². The molecule has 0 atom stereocenters. The number of amides is 1. The lowest BCUT2D eigenvalue weighted by Crippen LogP contribution is -2.45. The second-order valence-electron chi connectivity index (χ2n) is 9.69. The lowest BCUT2D eigenvalue weighted by Gasteiger charge is -2.30. The predicted octanol–water partition coefficient (Wildman–Crippen LogP) is 3.68. The van der Waals surface area contributed by atoms with Crippen LogP contribution < -0.4 is 19.9 Å². The number of nitrogens with one attached hydrogen (secondary N) is 1. The molecule has 0 radical (unpaired) electrons. The van der Waals surface area contributed by atoms with E-state index in [0.717, 1.165) is 43.8 Å². The summed E-state index contributed by atoms with van der Waals surface area (Å²) in [5.74, 6) is -0.0562. The molecule has 1 N–H and O–H groups in total. The molecule has 39 heavy (non-hydrogen) atoms. The first-order valence-electron chi connectivity index (χ1n) is 12.4. The molecular weight excluding hydrogens is 536 g/mol. The van der Waals surface area contributed by atoms with Gasteiger partial charge < -0.3 is 15.0 Å². The Bertz CT molecular complexity index is 1290. The van der Waals surface area contributed by atoms with Crippen LogP contribution in [0.5, 0.6) is 5.75 Å². The highest BCUT2D eigenvalue weighted by Gasteiger charge is 2.51. The molecule has 0 unspecified atom stereocenters. The number of ether oxygens (including phenoxy) is 1. The number of nitrogens with zero attached hydrogens (tertiary/aromatic N) is 5. The highest BCUT2D eigenvalue weighted by Crippen LogP contribution is 2.40. The maximum Gasteiger partial charge on any atom is 0.419 e. The van der Waals surface area contributed by atoms with E-state index in [0.29, 0.717) is 29.7 Å². The predicted molar refractivity (Wildman–Crippen MR) is 142 cm³/mol. The summed E-state index contributed by atoms with van der Waals surface area (Å²) in [7, 11) is 0. The van der Waals surface area contributed by atoms with Gasteiger partial charge in [-0.15, -0.1) is 0 Å². The minimum atomic E-state index is -4.85. The van der Waals surface area contributed by atoms with E-state index in [1.54, 1.807) is 32.0 Å². The van der Waals surface area contributed by atoms with Gasteiger partial charge in [-0.2, -0.15) is 18.4 Å². The molecule has 0 bridgehead atoms. The van der Waals surface area contributed by atoms with Crippen LogP contribution in [0.4, 0.5) is 28.9 Å². The number of thiocarbonyl (C=S) groups is 1. The van der Waals surface area contributed by atoms with Crippen molar-refractivity contribution in [3.63, 3.8) is 0 Å². The number of alkyl halides is 4. The summed E-state index contributed by atoms with van der Waals surface area (Å²) in [5.41, 5.74) is -2.49. The van der Waals surface area contributed by atoms with E-state index in [2.05, 4.69) is 15.2 Å². The minimum absolute atomic E-state index is 0.0665. The van der Waals surface area contributed by atoms with Gasteiger partial charge in [-0.25, -0.2) is 4.98 Å². The fourth-order valence-electron chi connectivity index (χ4n) is 4.70. The van der Waals surface area contributed by atoms with Gasteiger partial charge in [0, 0.05) is 44.8 Å². The zero-order valence-electron chi connectivity index (χ0n) is 21.5. The second kappa shape index (κ2) is 11.4. The lowest BCUT2D eigenvalue weighted by atomic mass is 10.0. The molecule has 13 heteroatoms. The average Bonchev–Trinajstić information content (AvgIpc) is 3.08. The van der Waals surface area contributed by atoms with Crippen molar-refractivity contribution in [1.29, 1.82) is 5.26 Å². The number of carbonyl (C=O) groups excluding carboxylic acids is 1. The van der Waals surface area contributed by atoms with Crippen molar-refractivity contribution < 1.29 is 27.1 Å². The highest BCUT2D eigenvalue weighted by molar-refractivity contribution is 7.81. The molecule has 1 aromatic heterocycles. The molecule has 2 aliphatic rings. The molecular formula is C26H28F4N6O2S. The smallest absolute Gasteiger partial charge is 0.419 e. The molecule has 0 saturated carbocycles. The Hall–Kier alpha value is -3.34. The number of aromatic nitrogens is 1. The molecule has 2 aliphatic heterocycles. The van der Waals surface area contributed by atoms with Crippen LogP contribution in [0.3, 0.4) is 0 Å². The van der Waals surface area contributed by atoms with Crippen molar-refractivity contribution >= 4 is 34.6 Å². The number of halogens is 4. The number of piperazine rings is 1. The van der Waals surface area contributed by atoms with E-state index < -0.39 is 35.6 Å². The first-order chi connectivity index (χ1) is 18.5. The lowest BCUT2D eigenvalue weighted by molar-refractivity contribution is -0.138. The Balaban J connectivity index is 1.62. The van der Waals surface area contributed by atoms with Gasteiger partial charge in [-0.1, -0.05) is 0 Å². The summed E-state index contributed by atoms with van der Waals surface area (Å²) in [4.78, 5) is 21.8. The summed E-state index contributed by atoms with van der Waals surface area (Å²) in [5, 5.41) is 12.3. The van der Waals surface area contributed by atoms with Gasteiger partial charge in [-0.3, -0.25) is 19.0 Å². The number of benzene rings is 1. The summed E-state index contributed by atoms with van der Waals surface area (Å²) < 4.78 is 60.1. The Labute approximate surface area is 229 Å². The van der Waals surface area contributed by atoms with Crippen molar-refractivity contribution in [2.24, 2.45) is 0 Å². The topological polar surface area (TPSA) is 84.7 Å².